The maximum atomic E-state index is 15.2. The number of phenolic OH excluding ortho intramolecular Hbond substituents is 1. The lowest BCUT2D eigenvalue weighted by Gasteiger charge is -2.31. The molecule has 21 N–H and O–H groups in total. The van der Waals surface area contributed by atoms with Gasteiger partial charge in [-0.2, -0.15) is 0 Å². The number of hydrogen-bond acceptors (Lipinski definition) is 17. The van der Waals surface area contributed by atoms with E-state index in [0.717, 1.165) is 11.8 Å². The molecular formula is C71H97N17O15S. The maximum Gasteiger partial charge on any atom is 0.245 e. The third-order valence-electron chi connectivity index (χ3n) is 18.3. The summed E-state index contributed by atoms with van der Waals surface area (Å²) in [4.78, 5) is 207. The van der Waals surface area contributed by atoms with Crippen molar-refractivity contribution in [2.75, 3.05) is 24.6 Å². The molecule has 562 valence electrons. The molecule has 0 aliphatic carbocycles. The van der Waals surface area contributed by atoms with E-state index in [9.17, 15) is 62.6 Å². The molecule has 4 heterocycles. The molecule has 0 saturated carbocycles. The summed E-state index contributed by atoms with van der Waals surface area (Å²) in [5, 5.41) is 38.3. The molecule has 2 fully saturated rings. The van der Waals surface area contributed by atoms with Gasteiger partial charge in [-0.1, -0.05) is 82.6 Å². The zero-order chi connectivity index (χ0) is 75.9. The smallest absolute Gasteiger partial charge is 0.245 e. The fourth-order valence-corrected chi connectivity index (χ4v) is 13.3. The Morgan fingerprint density at radius 1 is 0.567 bits per heavy atom. The Bertz CT molecular complexity index is 3920. The summed E-state index contributed by atoms with van der Waals surface area (Å²) in [5.74, 6) is -14.5. The highest BCUT2D eigenvalue weighted by molar-refractivity contribution is 8.00. The Balaban J connectivity index is 1.28. The van der Waals surface area contributed by atoms with Crippen molar-refractivity contribution in [2.45, 2.75) is 185 Å². The number of rotatable bonds is 20. The first kappa shape index (κ1) is 80.7. The highest BCUT2D eigenvalue weighted by atomic mass is 32.2. The molecule has 3 aromatic carbocycles. The number of hydrogen-bond donors (Lipinski definition) is 17. The molecule has 0 unspecified atom stereocenters. The van der Waals surface area contributed by atoms with E-state index in [-0.39, 0.29) is 88.3 Å². The van der Waals surface area contributed by atoms with Gasteiger partial charge in [0.15, 0.2) is 0 Å². The minimum Gasteiger partial charge on any atom is -0.508 e. The molecule has 2 aromatic heterocycles. The molecule has 12 atom stereocenters. The molecule has 2 aliphatic rings. The zero-order valence-electron chi connectivity index (χ0n) is 58.9. The van der Waals surface area contributed by atoms with Crippen molar-refractivity contribution in [3.05, 3.63) is 102 Å². The average Bonchev–Trinajstić information content (AvgIpc) is 1.62. The van der Waals surface area contributed by atoms with Crippen LogP contribution in [0.1, 0.15) is 116 Å². The number of benzene rings is 3. The lowest BCUT2D eigenvalue weighted by molar-refractivity contribution is -0.143. The first-order valence-electron chi connectivity index (χ1n) is 34.9. The SMILES string of the molecule is CC[C@H](C)[C@@H]1NC(=O)[C@H](CC(C)C)NC(=O)[C@H](Cc2c[nH]c3ccccc23)NC(=O)[C@H](Cc2ccc(O)cc2)NC(=O)[C@@H]2CCCN2C(=O)[C@H](CCC(N)=O)NC(=O)[C@H](CCCCN)NC(=O)[C@H](C)NC(=O)CSC[C@@H](C(N)=O)NC(=O)[C@H](Cc2c[nH]c3ccccc23)NC(=O)[C@H](CC(N)=O)NC1=O. The second-order valence-corrected chi connectivity index (χ2v) is 27.9. The Morgan fingerprint density at radius 3 is 1.65 bits per heavy atom. The van der Waals surface area contributed by atoms with E-state index in [0.29, 0.717) is 51.3 Å². The third kappa shape index (κ3) is 23.2. The summed E-state index contributed by atoms with van der Waals surface area (Å²) in [7, 11) is 0. The van der Waals surface area contributed by atoms with Crippen LogP contribution in [0, 0.1) is 11.8 Å². The van der Waals surface area contributed by atoms with Gasteiger partial charge in [0.1, 0.15) is 72.2 Å². The van der Waals surface area contributed by atoms with Crippen molar-refractivity contribution in [1.29, 1.82) is 0 Å². The maximum absolute atomic E-state index is 15.2. The average molecular weight is 1460 g/mol. The number of carbonyl (C=O) groups is 14. The molecule has 7 rings (SSSR count). The molecule has 104 heavy (non-hydrogen) atoms. The normalized spacial score (nSPS) is 24.3. The Morgan fingerprint density at radius 2 is 1.09 bits per heavy atom. The fraction of sp³-hybridized carbons (Fsp3) is 0.493. The Labute approximate surface area is 605 Å². The molecule has 0 radical (unpaired) electrons. The van der Waals surface area contributed by atoms with Crippen LogP contribution in [-0.2, 0) is 86.4 Å². The number of primary amides is 3. The van der Waals surface area contributed by atoms with Gasteiger partial charge >= 0.3 is 0 Å². The number of carbonyl (C=O) groups excluding carboxylic acids is 14. The number of aromatic hydroxyl groups is 1. The van der Waals surface area contributed by atoms with Crippen molar-refractivity contribution in [2.24, 2.45) is 34.8 Å². The molecule has 0 spiro atoms. The van der Waals surface area contributed by atoms with Gasteiger partial charge < -0.3 is 96.1 Å². The summed E-state index contributed by atoms with van der Waals surface area (Å²) in [6.45, 7) is 8.44. The van der Waals surface area contributed by atoms with Gasteiger partial charge in [-0.25, -0.2) is 0 Å². The van der Waals surface area contributed by atoms with Gasteiger partial charge in [0.25, 0.3) is 0 Å². The summed E-state index contributed by atoms with van der Waals surface area (Å²) >= 11 is 0.834. The first-order chi connectivity index (χ1) is 49.5. The van der Waals surface area contributed by atoms with Crippen LogP contribution in [-0.4, -0.2) is 194 Å². The van der Waals surface area contributed by atoms with Gasteiger partial charge in [-0.05, 0) is 111 Å². The topological polar surface area (TPSA) is 518 Å². The highest BCUT2D eigenvalue weighted by Crippen LogP contribution is 2.25. The molecule has 0 bridgehead atoms. The van der Waals surface area contributed by atoms with Crippen molar-refractivity contribution < 1.29 is 72.2 Å². The van der Waals surface area contributed by atoms with E-state index in [2.05, 4.69) is 63.1 Å². The van der Waals surface area contributed by atoms with Crippen LogP contribution in [0.15, 0.2) is 85.2 Å². The molecule has 2 saturated heterocycles. The number of aromatic amines is 2. The highest BCUT2D eigenvalue weighted by Gasteiger charge is 2.42. The molecular weight excluding hydrogens is 1360 g/mol. The van der Waals surface area contributed by atoms with Crippen LogP contribution >= 0.6 is 11.8 Å². The van der Waals surface area contributed by atoms with Gasteiger partial charge in [0.05, 0.1) is 12.2 Å². The Hall–Kier alpha value is -10.6. The number of thioether (sulfide) groups is 1. The number of para-hydroxylation sites is 2. The van der Waals surface area contributed by atoms with Crippen LogP contribution in [0.4, 0.5) is 0 Å². The largest absolute Gasteiger partial charge is 0.508 e. The number of fused-ring (bicyclic) bond motifs is 3. The first-order valence-corrected chi connectivity index (χ1v) is 36.0. The molecule has 2 aliphatic heterocycles. The second-order valence-electron chi connectivity index (χ2n) is 26.8. The van der Waals surface area contributed by atoms with E-state index >= 15 is 9.59 Å². The number of unbranched alkanes of at least 4 members (excludes halogenated alkanes) is 1. The lowest BCUT2D eigenvalue weighted by Crippen LogP contribution is -2.62. The second kappa shape index (κ2) is 38.6. The number of H-pyrrole nitrogens is 2. The van der Waals surface area contributed by atoms with E-state index in [1.165, 1.54) is 36.1 Å². The minimum absolute atomic E-state index is 0.0186. The molecule has 5 aromatic rings. The standard InChI is InChI=1S/C71H97N17O15S/c1-6-38(4)60-70(102)85-54(32-58(74)91)67(99)83-53(31-42-34-77-47-17-10-8-15-45(42)47)66(98)86-55(61(75)93)35-104-36-59(92)78-39(5)62(94)79-48(18-11-12-26-72)63(95)80-49(24-25-57(73)90)71(103)88-27-13-19-56(88)69(101)84-51(29-40-20-22-43(89)23-21-40)64(96)82-52(30-41-33-76-46-16-9-7-14-44(41)46)65(97)81-50(28-37(2)3)68(100)87-60/h7-10,14-17,20-23,33-34,37-39,48-56,60,76-77,89H,6,11-13,18-19,24-32,35-36,72H2,1-5H3,(H2,73,90)(H2,74,91)(H2,75,93)(H,78,92)(H,79,94)(H,80,95)(H,81,97)(H,82,96)(H,83,99)(H,84,101)(H,85,102)(H,86,98)(H,87,100)/t38-,39-,48-,49-,50-,51-,52-,53-,54-,55-,56-,60-/m0/s1. The van der Waals surface area contributed by atoms with Crippen molar-refractivity contribution in [3.8, 4) is 5.75 Å². The van der Waals surface area contributed by atoms with Crippen molar-refractivity contribution >= 4 is 116 Å². The number of nitrogens with two attached hydrogens (primary N) is 4. The van der Waals surface area contributed by atoms with E-state index in [4.69, 9.17) is 22.9 Å². The van der Waals surface area contributed by atoms with Gasteiger partial charge in [-0.3, -0.25) is 67.1 Å². The van der Waals surface area contributed by atoms with Gasteiger partial charge in [-0.15, -0.1) is 11.8 Å². The summed E-state index contributed by atoms with van der Waals surface area (Å²) in [6, 6.07) is 3.70. The van der Waals surface area contributed by atoms with Gasteiger partial charge in [0, 0.05) is 72.2 Å². The molecule has 32 nitrogen and oxygen atoms in total. The van der Waals surface area contributed by atoms with Crippen LogP contribution in [0.5, 0.6) is 5.75 Å². The van der Waals surface area contributed by atoms with Crippen molar-refractivity contribution in [3.63, 3.8) is 0 Å². The quantitative estimate of drug-likeness (QED) is 0.0409. The zero-order valence-corrected chi connectivity index (χ0v) is 59.8. The molecule has 33 heteroatoms. The van der Waals surface area contributed by atoms with E-state index < -0.39 is 174 Å². The minimum atomic E-state index is -1.79. The van der Waals surface area contributed by atoms with Crippen LogP contribution in [0.2, 0.25) is 0 Å². The molecule has 14 amide bonds. The number of nitrogens with zero attached hydrogens (tertiary/aromatic N) is 1. The number of nitrogens with one attached hydrogen (secondary N) is 12. The third-order valence-corrected chi connectivity index (χ3v) is 19.3. The van der Waals surface area contributed by atoms with Crippen LogP contribution in [0.3, 0.4) is 0 Å². The summed E-state index contributed by atoms with van der Waals surface area (Å²) in [5.41, 5.74) is 25.8. The van der Waals surface area contributed by atoms with Crippen LogP contribution in [0.25, 0.3) is 21.8 Å². The summed E-state index contributed by atoms with van der Waals surface area (Å²) < 4.78 is 0. The number of phenols is 1. The summed E-state index contributed by atoms with van der Waals surface area (Å²) in [6.07, 6.45) is 2.19. The lowest BCUT2D eigenvalue weighted by atomic mass is 9.96. The number of amides is 14. The van der Waals surface area contributed by atoms with E-state index in [1.54, 1.807) is 88.6 Å². The predicted molar refractivity (Wildman–Crippen MR) is 386 cm³/mol. The van der Waals surface area contributed by atoms with E-state index in [1.807, 2.05) is 0 Å². The van der Waals surface area contributed by atoms with Crippen LogP contribution < -0.4 is 76.1 Å². The fourth-order valence-electron chi connectivity index (χ4n) is 12.4. The monoisotopic (exact) mass is 1460 g/mol. The Kier molecular flexibility index (Phi) is 30.0. The van der Waals surface area contributed by atoms with Gasteiger partial charge in [0.2, 0.25) is 82.7 Å². The van der Waals surface area contributed by atoms with Crippen molar-refractivity contribution in [1.82, 2.24) is 68.0 Å². The predicted octanol–water partition coefficient (Wildman–Crippen LogP) is -1.16. The number of aromatic nitrogens is 2.